The van der Waals surface area contributed by atoms with Gasteiger partial charge in [-0.1, -0.05) is 0 Å². The molecule has 4 heteroatoms. The van der Waals surface area contributed by atoms with Gasteiger partial charge in [0.05, 0.1) is 10.4 Å². The number of thiophene rings is 1. The molecule has 0 saturated carbocycles. The molecule has 1 atom stereocenters. The standard InChI is InChI=1S/C11H16BrNOS/c1-8-5-10(15-11(8)12)6-13-9-3-2-4-14-7-9/h5,9,13H,2-4,6-7H2,1H3. The third-order valence-corrected chi connectivity index (χ3v) is 4.77. The maximum absolute atomic E-state index is 5.43. The van der Waals surface area contributed by atoms with Gasteiger partial charge in [-0.05, 0) is 47.3 Å². The van der Waals surface area contributed by atoms with Crippen LogP contribution in [0.15, 0.2) is 9.85 Å². The molecule has 1 aliphatic heterocycles. The Balaban J connectivity index is 1.81. The first kappa shape index (κ1) is 11.6. The fraction of sp³-hybridized carbons (Fsp3) is 0.636. The van der Waals surface area contributed by atoms with Crippen LogP contribution < -0.4 is 5.32 Å². The molecule has 2 rings (SSSR count). The average Bonchev–Trinajstić information content (AvgIpc) is 2.57. The predicted octanol–water partition coefficient (Wildman–Crippen LogP) is 3.09. The van der Waals surface area contributed by atoms with E-state index in [1.807, 2.05) is 11.3 Å². The van der Waals surface area contributed by atoms with Gasteiger partial charge in [-0.25, -0.2) is 0 Å². The summed E-state index contributed by atoms with van der Waals surface area (Å²) in [5, 5.41) is 3.54. The fourth-order valence-corrected chi connectivity index (χ4v) is 3.34. The van der Waals surface area contributed by atoms with E-state index >= 15 is 0 Å². The Bertz CT molecular complexity index is 301. The molecule has 0 amide bonds. The first-order chi connectivity index (χ1) is 7.25. The Morgan fingerprint density at radius 2 is 2.53 bits per heavy atom. The van der Waals surface area contributed by atoms with Crippen molar-refractivity contribution in [3.8, 4) is 0 Å². The second kappa shape index (κ2) is 5.43. The van der Waals surface area contributed by atoms with E-state index in [1.54, 1.807) is 0 Å². The van der Waals surface area contributed by atoms with E-state index in [4.69, 9.17) is 4.74 Å². The minimum Gasteiger partial charge on any atom is -0.380 e. The number of hydrogen-bond donors (Lipinski definition) is 1. The van der Waals surface area contributed by atoms with Gasteiger partial charge in [0.15, 0.2) is 0 Å². The molecule has 1 aliphatic rings. The van der Waals surface area contributed by atoms with Gasteiger partial charge in [0.1, 0.15) is 0 Å². The summed E-state index contributed by atoms with van der Waals surface area (Å²) in [6, 6.07) is 2.78. The van der Waals surface area contributed by atoms with Crippen molar-refractivity contribution in [2.45, 2.75) is 32.4 Å². The zero-order valence-electron chi connectivity index (χ0n) is 8.88. The van der Waals surface area contributed by atoms with Crippen LogP contribution in [0.1, 0.15) is 23.3 Å². The quantitative estimate of drug-likeness (QED) is 0.923. The number of aryl methyl sites for hydroxylation is 1. The lowest BCUT2D eigenvalue weighted by molar-refractivity contribution is 0.0700. The Morgan fingerprint density at radius 3 is 3.13 bits per heavy atom. The number of hydrogen-bond acceptors (Lipinski definition) is 3. The van der Waals surface area contributed by atoms with Crippen molar-refractivity contribution >= 4 is 27.3 Å². The van der Waals surface area contributed by atoms with E-state index in [0.717, 1.165) is 19.8 Å². The van der Waals surface area contributed by atoms with Crippen molar-refractivity contribution in [2.75, 3.05) is 13.2 Å². The molecule has 84 valence electrons. The normalized spacial score (nSPS) is 21.9. The summed E-state index contributed by atoms with van der Waals surface area (Å²) in [6.45, 7) is 4.90. The second-order valence-corrected chi connectivity index (χ2v) is 6.42. The number of halogens is 1. The molecular weight excluding hydrogens is 274 g/mol. The lowest BCUT2D eigenvalue weighted by Gasteiger charge is -2.22. The van der Waals surface area contributed by atoms with Crippen LogP contribution in [0.2, 0.25) is 0 Å². The molecule has 1 fully saturated rings. The van der Waals surface area contributed by atoms with E-state index in [-0.39, 0.29) is 0 Å². The summed E-state index contributed by atoms with van der Waals surface area (Å²) in [5.74, 6) is 0. The highest BCUT2D eigenvalue weighted by atomic mass is 79.9. The molecule has 0 radical (unpaired) electrons. The van der Waals surface area contributed by atoms with E-state index in [9.17, 15) is 0 Å². The minimum atomic E-state index is 0.542. The average molecular weight is 290 g/mol. The number of ether oxygens (including phenoxy) is 1. The summed E-state index contributed by atoms with van der Waals surface area (Å²) < 4.78 is 6.68. The van der Waals surface area contributed by atoms with Gasteiger partial charge < -0.3 is 10.1 Å². The SMILES string of the molecule is Cc1cc(CNC2CCCOC2)sc1Br. The largest absolute Gasteiger partial charge is 0.380 e. The summed E-state index contributed by atoms with van der Waals surface area (Å²) in [4.78, 5) is 1.39. The highest BCUT2D eigenvalue weighted by Crippen LogP contribution is 2.27. The van der Waals surface area contributed by atoms with Crippen LogP contribution in [0, 0.1) is 6.92 Å². The predicted molar refractivity (Wildman–Crippen MR) is 67.4 cm³/mol. The molecule has 0 bridgehead atoms. The van der Waals surface area contributed by atoms with Crippen molar-refractivity contribution < 1.29 is 4.74 Å². The van der Waals surface area contributed by atoms with Gasteiger partial charge in [-0.15, -0.1) is 11.3 Å². The molecule has 0 aliphatic carbocycles. The second-order valence-electron chi connectivity index (χ2n) is 3.96. The molecule has 1 aromatic heterocycles. The Morgan fingerprint density at radius 1 is 1.67 bits per heavy atom. The third kappa shape index (κ3) is 3.28. The fourth-order valence-electron chi connectivity index (χ4n) is 1.76. The maximum Gasteiger partial charge on any atom is 0.0730 e. The molecule has 0 aromatic carbocycles. The smallest absolute Gasteiger partial charge is 0.0730 e. The minimum absolute atomic E-state index is 0.542. The molecule has 0 spiro atoms. The van der Waals surface area contributed by atoms with Crippen LogP contribution in [0.5, 0.6) is 0 Å². The van der Waals surface area contributed by atoms with Gasteiger partial charge in [0.2, 0.25) is 0 Å². The molecule has 1 N–H and O–H groups in total. The lowest BCUT2D eigenvalue weighted by Crippen LogP contribution is -2.36. The first-order valence-electron chi connectivity index (χ1n) is 5.31. The Labute approximate surface area is 103 Å². The van der Waals surface area contributed by atoms with Crippen molar-refractivity contribution in [3.05, 3.63) is 20.3 Å². The molecule has 2 heterocycles. The summed E-state index contributed by atoms with van der Waals surface area (Å²) in [7, 11) is 0. The van der Waals surface area contributed by atoms with Gasteiger partial charge in [0, 0.05) is 24.1 Å². The van der Waals surface area contributed by atoms with Crippen LogP contribution in [0.3, 0.4) is 0 Å². The Kier molecular flexibility index (Phi) is 4.20. The van der Waals surface area contributed by atoms with E-state index in [0.29, 0.717) is 6.04 Å². The molecular formula is C11H16BrNOS. The number of rotatable bonds is 3. The van der Waals surface area contributed by atoms with E-state index in [2.05, 4.69) is 34.2 Å². The van der Waals surface area contributed by atoms with Crippen LogP contribution in [-0.4, -0.2) is 19.3 Å². The molecule has 1 aromatic rings. The van der Waals surface area contributed by atoms with E-state index in [1.165, 1.54) is 27.1 Å². The van der Waals surface area contributed by atoms with Gasteiger partial charge >= 0.3 is 0 Å². The van der Waals surface area contributed by atoms with Crippen LogP contribution >= 0.6 is 27.3 Å². The highest BCUT2D eigenvalue weighted by molar-refractivity contribution is 9.11. The van der Waals surface area contributed by atoms with Crippen molar-refractivity contribution in [2.24, 2.45) is 0 Å². The summed E-state index contributed by atoms with van der Waals surface area (Å²) in [5.41, 5.74) is 1.33. The maximum atomic E-state index is 5.43. The summed E-state index contributed by atoms with van der Waals surface area (Å²) in [6.07, 6.45) is 2.43. The van der Waals surface area contributed by atoms with Crippen molar-refractivity contribution in [3.63, 3.8) is 0 Å². The first-order valence-corrected chi connectivity index (χ1v) is 6.92. The van der Waals surface area contributed by atoms with Gasteiger partial charge in [-0.2, -0.15) is 0 Å². The Hall–Kier alpha value is 0.100. The summed E-state index contributed by atoms with van der Waals surface area (Å²) >= 11 is 5.36. The van der Waals surface area contributed by atoms with Crippen LogP contribution in [0.4, 0.5) is 0 Å². The molecule has 1 saturated heterocycles. The monoisotopic (exact) mass is 289 g/mol. The molecule has 2 nitrogen and oxygen atoms in total. The lowest BCUT2D eigenvalue weighted by atomic mass is 10.1. The zero-order valence-corrected chi connectivity index (χ0v) is 11.3. The zero-order chi connectivity index (χ0) is 10.7. The van der Waals surface area contributed by atoms with Crippen molar-refractivity contribution in [1.29, 1.82) is 0 Å². The highest BCUT2D eigenvalue weighted by Gasteiger charge is 2.13. The molecule has 15 heavy (non-hydrogen) atoms. The third-order valence-electron chi connectivity index (χ3n) is 2.63. The van der Waals surface area contributed by atoms with Gasteiger partial charge in [-0.3, -0.25) is 0 Å². The van der Waals surface area contributed by atoms with Crippen molar-refractivity contribution in [1.82, 2.24) is 5.32 Å². The van der Waals surface area contributed by atoms with Crippen LogP contribution in [-0.2, 0) is 11.3 Å². The van der Waals surface area contributed by atoms with E-state index < -0.39 is 0 Å². The van der Waals surface area contributed by atoms with Crippen LogP contribution in [0.25, 0.3) is 0 Å². The van der Waals surface area contributed by atoms with Gasteiger partial charge in [0.25, 0.3) is 0 Å². The number of nitrogens with one attached hydrogen (secondary N) is 1. The molecule has 1 unspecified atom stereocenters. The topological polar surface area (TPSA) is 21.3 Å².